The van der Waals surface area contributed by atoms with Gasteiger partial charge in [-0.25, -0.2) is 4.39 Å². The molecule has 0 aliphatic rings. The minimum Gasteiger partial charge on any atom is -0.493 e. The zero-order chi connectivity index (χ0) is 15.4. The number of halogens is 1. The van der Waals surface area contributed by atoms with Gasteiger partial charge in [-0.05, 0) is 30.3 Å². The molecular weight excluding hydrogens is 287 g/mol. The molecule has 0 saturated carbocycles. The second-order valence-electron chi connectivity index (χ2n) is 4.45. The summed E-state index contributed by atoms with van der Waals surface area (Å²) in [6.45, 7) is 0.0999. The number of nitrogens with zero attached hydrogens (tertiary/aromatic N) is 2. The normalized spacial score (nSPS) is 10.5. The van der Waals surface area contributed by atoms with Gasteiger partial charge in [0, 0.05) is 5.56 Å². The lowest BCUT2D eigenvalue weighted by atomic mass is 10.2. The molecule has 5 nitrogen and oxygen atoms in total. The van der Waals surface area contributed by atoms with Crippen LogP contribution in [-0.4, -0.2) is 17.3 Å². The van der Waals surface area contributed by atoms with E-state index in [0.717, 1.165) is 0 Å². The van der Waals surface area contributed by atoms with Crippen molar-refractivity contribution >= 4 is 0 Å². The van der Waals surface area contributed by atoms with Gasteiger partial charge >= 0.3 is 0 Å². The predicted molar refractivity (Wildman–Crippen MR) is 77.0 cm³/mol. The highest BCUT2D eigenvalue weighted by Crippen LogP contribution is 2.27. The molecule has 0 radical (unpaired) electrons. The zero-order valence-electron chi connectivity index (χ0n) is 11.8. The van der Waals surface area contributed by atoms with E-state index in [2.05, 4.69) is 10.2 Å². The van der Waals surface area contributed by atoms with Crippen molar-refractivity contribution in [2.45, 2.75) is 6.61 Å². The molecule has 3 aromatic rings. The maximum atomic E-state index is 13.2. The number of rotatable bonds is 5. The van der Waals surface area contributed by atoms with Gasteiger partial charge in [0.05, 0.1) is 7.11 Å². The quantitative estimate of drug-likeness (QED) is 0.722. The number of hydrogen-bond donors (Lipinski definition) is 0. The van der Waals surface area contributed by atoms with E-state index in [1.165, 1.54) is 12.1 Å². The lowest BCUT2D eigenvalue weighted by Crippen LogP contribution is -1.97. The van der Waals surface area contributed by atoms with Gasteiger partial charge in [0.2, 0.25) is 5.89 Å². The first-order chi connectivity index (χ1) is 10.8. The van der Waals surface area contributed by atoms with Crippen molar-refractivity contribution in [2.75, 3.05) is 7.11 Å². The Morgan fingerprint density at radius 2 is 1.86 bits per heavy atom. The lowest BCUT2D eigenvalue weighted by molar-refractivity contribution is 0.251. The van der Waals surface area contributed by atoms with Gasteiger partial charge in [0.15, 0.2) is 18.1 Å². The molecule has 3 rings (SSSR count). The SMILES string of the molecule is COc1ccccc1OCc1nnc(-c2cccc(F)c2)o1. The molecule has 1 aromatic heterocycles. The fourth-order valence-electron chi connectivity index (χ4n) is 1.93. The Balaban J connectivity index is 1.72. The molecule has 112 valence electrons. The number of para-hydroxylation sites is 2. The minimum absolute atomic E-state index is 0.0999. The van der Waals surface area contributed by atoms with Crippen molar-refractivity contribution in [1.29, 1.82) is 0 Å². The highest BCUT2D eigenvalue weighted by Gasteiger charge is 2.11. The Bertz CT molecular complexity index is 773. The monoisotopic (exact) mass is 300 g/mol. The largest absolute Gasteiger partial charge is 0.493 e. The van der Waals surface area contributed by atoms with Crippen LogP contribution in [0.4, 0.5) is 4.39 Å². The van der Waals surface area contributed by atoms with Crippen molar-refractivity contribution in [3.05, 3.63) is 60.2 Å². The van der Waals surface area contributed by atoms with Crippen LogP contribution in [0.1, 0.15) is 5.89 Å². The Hall–Kier alpha value is -2.89. The molecule has 0 bridgehead atoms. The third kappa shape index (κ3) is 3.06. The van der Waals surface area contributed by atoms with Gasteiger partial charge in [0.1, 0.15) is 5.82 Å². The minimum atomic E-state index is -0.359. The first-order valence-electron chi connectivity index (χ1n) is 6.60. The molecule has 0 saturated heterocycles. The first-order valence-corrected chi connectivity index (χ1v) is 6.60. The molecule has 0 amide bonds. The van der Waals surface area contributed by atoms with Gasteiger partial charge < -0.3 is 13.9 Å². The van der Waals surface area contributed by atoms with Crippen LogP contribution in [0, 0.1) is 5.82 Å². The van der Waals surface area contributed by atoms with Crippen LogP contribution in [0.25, 0.3) is 11.5 Å². The van der Waals surface area contributed by atoms with Crippen molar-refractivity contribution in [1.82, 2.24) is 10.2 Å². The zero-order valence-corrected chi connectivity index (χ0v) is 11.8. The highest BCUT2D eigenvalue weighted by molar-refractivity contribution is 5.52. The Kier molecular flexibility index (Phi) is 4.00. The highest BCUT2D eigenvalue weighted by atomic mass is 19.1. The van der Waals surface area contributed by atoms with Gasteiger partial charge in [-0.3, -0.25) is 0 Å². The van der Waals surface area contributed by atoms with E-state index < -0.39 is 0 Å². The van der Waals surface area contributed by atoms with E-state index in [4.69, 9.17) is 13.9 Å². The fourth-order valence-corrected chi connectivity index (χ4v) is 1.93. The Labute approximate surface area is 126 Å². The van der Waals surface area contributed by atoms with Crippen LogP contribution in [-0.2, 0) is 6.61 Å². The van der Waals surface area contributed by atoms with Gasteiger partial charge in [-0.1, -0.05) is 18.2 Å². The van der Waals surface area contributed by atoms with Gasteiger partial charge in [-0.2, -0.15) is 0 Å². The maximum absolute atomic E-state index is 13.2. The van der Waals surface area contributed by atoms with Crippen LogP contribution in [0.5, 0.6) is 11.5 Å². The Morgan fingerprint density at radius 3 is 2.64 bits per heavy atom. The maximum Gasteiger partial charge on any atom is 0.254 e. The second-order valence-corrected chi connectivity index (χ2v) is 4.45. The molecule has 0 atom stereocenters. The molecule has 0 aliphatic heterocycles. The molecule has 2 aromatic carbocycles. The molecule has 22 heavy (non-hydrogen) atoms. The van der Waals surface area contributed by atoms with E-state index in [1.807, 2.05) is 12.1 Å². The summed E-state index contributed by atoms with van der Waals surface area (Å²) in [5.74, 6) is 1.38. The van der Waals surface area contributed by atoms with E-state index in [-0.39, 0.29) is 18.3 Å². The summed E-state index contributed by atoms with van der Waals surface area (Å²) in [6.07, 6.45) is 0. The molecule has 6 heteroatoms. The number of aromatic nitrogens is 2. The average Bonchev–Trinajstić information content (AvgIpc) is 3.02. The summed E-state index contributed by atoms with van der Waals surface area (Å²) < 4.78 is 29.4. The van der Waals surface area contributed by atoms with Crippen LogP contribution in [0.15, 0.2) is 52.9 Å². The summed E-state index contributed by atoms with van der Waals surface area (Å²) in [6, 6.07) is 13.2. The summed E-state index contributed by atoms with van der Waals surface area (Å²) in [5, 5.41) is 7.78. The predicted octanol–water partition coefficient (Wildman–Crippen LogP) is 3.46. The van der Waals surface area contributed by atoms with E-state index in [1.54, 1.807) is 31.4 Å². The van der Waals surface area contributed by atoms with E-state index in [9.17, 15) is 4.39 Å². The van der Waals surface area contributed by atoms with Crippen LogP contribution < -0.4 is 9.47 Å². The third-order valence-corrected chi connectivity index (χ3v) is 2.96. The van der Waals surface area contributed by atoms with Crippen LogP contribution >= 0.6 is 0 Å². The van der Waals surface area contributed by atoms with Gasteiger partial charge in [-0.15, -0.1) is 10.2 Å². The first kappa shape index (κ1) is 14.1. The molecule has 0 aliphatic carbocycles. The summed E-state index contributed by atoms with van der Waals surface area (Å²) in [5.41, 5.74) is 0.524. The Morgan fingerprint density at radius 1 is 1.05 bits per heavy atom. The lowest BCUT2D eigenvalue weighted by Gasteiger charge is -2.07. The number of methoxy groups -OCH3 is 1. The summed E-state index contributed by atoms with van der Waals surface area (Å²) >= 11 is 0. The molecule has 0 N–H and O–H groups in total. The molecule has 0 fully saturated rings. The smallest absolute Gasteiger partial charge is 0.254 e. The molecule has 1 heterocycles. The van der Waals surface area contributed by atoms with E-state index >= 15 is 0 Å². The van der Waals surface area contributed by atoms with Crippen molar-refractivity contribution in [3.8, 4) is 23.0 Å². The van der Waals surface area contributed by atoms with Crippen LogP contribution in [0.2, 0.25) is 0 Å². The molecular formula is C16H13FN2O3. The molecule has 0 unspecified atom stereocenters. The summed E-state index contributed by atoms with van der Waals surface area (Å²) in [7, 11) is 1.57. The summed E-state index contributed by atoms with van der Waals surface area (Å²) in [4.78, 5) is 0. The van der Waals surface area contributed by atoms with Crippen molar-refractivity contribution < 1.29 is 18.3 Å². The van der Waals surface area contributed by atoms with Crippen molar-refractivity contribution in [3.63, 3.8) is 0 Å². The fraction of sp³-hybridized carbons (Fsp3) is 0.125. The van der Waals surface area contributed by atoms with Crippen LogP contribution in [0.3, 0.4) is 0 Å². The third-order valence-electron chi connectivity index (χ3n) is 2.96. The molecule has 0 spiro atoms. The second kappa shape index (κ2) is 6.26. The number of hydrogen-bond acceptors (Lipinski definition) is 5. The van der Waals surface area contributed by atoms with E-state index in [0.29, 0.717) is 23.0 Å². The van der Waals surface area contributed by atoms with Crippen molar-refractivity contribution in [2.24, 2.45) is 0 Å². The van der Waals surface area contributed by atoms with Gasteiger partial charge in [0.25, 0.3) is 5.89 Å². The topological polar surface area (TPSA) is 57.4 Å². The number of ether oxygens (including phenoxy) is 2. The standard InChI is InChI=1S/C16H13FN2O3/c1-20-13-7-2-3-8-14(13)21-10-15-18-19-16(22-15)11-5-4-6-12(17)9-11/h2-9H,10H2,1H3. The average molecular weight is 300 g/mol. The number of benzene rings is 2.